The van der Waals surface area contributed by atoms with Crippen LogP contribution in [0, 0.1) is 0 Å². The van der Waals surface area contributed by atoms with Crippen molar-refractivity contribution in [3.8, 4) is 0 Å². The predicted molar refractivity (Wildman–Crippen MR) is 82.8 cm³/mol. The molecule has 8 heteroatoms. The number of hydrogen-bond acceptors (Lipinski definition) is 6. The molecule has 3 amide bonds. The van der Waals surface area contributed by atoms with Crippen LogP contribution >= 0.6 is 0 Å². The molecule has 0 aromatic heterocycles. The van der Waals surface area contributed by atoms with Crippen molar-refractivity contribution in [1.82, 2.24) is 10.2 Å². The molecule has 2 aliphatic rings. The normalized spacial score (nSPS) is 17.2. The van der Waals surface area contributed by atoms with Gasteiger partial charge in [0.2, 0.25) is 0 Å². The van der Waals surface area contributed by atoms with E-state index in [1.165, 1.54) is 6.08 Å². The maximum atomic E-state index is 12.2. The van der Waals surface area contributed by atoms with E-state index in [2.05, 4.69) is 16.0 Å². The van der Waals surface area contributed by atoms with Crippen LogP contribution in [0.2, 0.25) is 0 Å². The Labute approximate surface area is 132 Å². The van der Waals surface area contributed by atoms with Gasteiger partial charge in [-0.1, -0.05) is 6.07 Å². The van der Waals surface area contributed by atoms with Crippen molar-refractivity contribution >= 4 is 29.1 Å². The molecule has 3 rings (SSSR count). The van der Waals surface area contributed by atoms with E-state index in [0.29, 0.717) is 30.0 Å². The third kappa shape index (κ3) is 2.76. The Morgan fingerprint density at radius 1 is 1.17 bits per heavy atom. The Bertz CT molecular complexity index is 713. The van der Waals surface area contributed by atoms with E-state index in [4.69, 9.17) is 5.11 Å². The SMILES string of the molecule is O=C1NCCNc2c(NC3=CC(=O)N(CCO)C3=O)cccc21. The van der Waals surface area contributed by atoms with Crippen molar-refractivity contribution in [3.63, 3.8) is 0 Å². The summed E-state index contributed by atoms with van der Waals surface area (Å²) in [4.78, 5) is 36.9. The zero-order valence-electron chi connectivity index (χ0n) is 12.3. The topological polar surface area (TPSA) is 111 Å². The summed E-state index contributed by atoms with van der Waals surface area (Å²) in [6, 6.07) is 5.10. The molecule has 2 heterocycles. The summed E-state index contributed by atoms with van der Waals surface area (Å²) in [6.07, 6.45) is 1.19. The molecule has 1 aromatic carbocycles. The maximum Gasteiger partial charge on any atom is 0.277 e. The molecule has 0 saturated carbocycles. The van der Waals surface area contributed by atoms with E-state index in [0.717, 1.165) is 4.90 Å². The Morgan fingerprint density at radius 3 is 2.74 bits per heavy atom. The van der Waals surface area contributed by atoms with Crippen molar-refractivity contribution in [1.29, 1.82) is 0 Å². The number of carbonyl (C=O) groups is 3. The first-order valence-electron chi connectivity index (χ1n) is 7.22. The number of benzene rings is 1. The summed E-state index contributed by atoms with van der Waals surface area (Å²) >= 11 is 0. The second kappa shape index (κ2) is 6.09. The second-order valence-electron chi connectivity index (χ2n) is 5.11. The summed E-state index contributed by atoms with van der Waals surface area (Å²) in [5.74, 6) is -1.17. The Balaban J connectivity index is 1.89. The van der Waals surface area contributed by atoms with Gasteiger partial charge in [0.25, 0.3) is 17.7 Å². The number of para-hydroxylation sites is 1. The van der Waals surface area contributed by atoms with Crippen molar-refractivity contribution in [2.45, 2.75) is 0 Å². The van der Waals surface area contributed by atoms with Crippen LogP contribution in [0.15, 0.2) is 30.0 Å². The number of carbonyl (C=O) groups excluding carboxylic acids is 3. The molecule has 0 atom stereocenters. The first kappa shape index (κ1) is 15.0. The highest BCUT2D eigenvalue weighted by molar-refractivity contribution is 6.18. The van der Waals surface area contributed by atoms with Crippen LogP contribution in [0.1, 0.15) is 10.4 Å². The fraction of sp³-hybridized carbons (Fsp3) is 0.267. The standard InChI is InChI=1S/C15H16N4O4/c20-7-6-19-12(21)8-11(15(19)23)18-10-3-1-2-9-13(10)16-4-5-17-14(9)22/h1-3,8,16,18,20H,4-7H2,(H,17,22). The minimum atomic E-state index is -0.500. The molecule has 0 aliphatic carbocycles. The third-order valence-electron chi connectivity index (χ3n) is 3.62. The lowest BCUT2D eigenvalue weighted by Gasteiger charge is -2.16. The quantitative estimate of drug-likeness (QED) is 0.557. The molecule has 23 heavy (non-hydrogen) atoms. The maximum absolute atomic E-state index is 12.2. The van der Waals surface area contributed by atoms with Gasteiger partial charge in [-0.05, 0) is 12.1 Å². The molecule has 4 N–H and O–H groups in total. The average Bonchev–Trinajstić information content (AvgIpc) is 2.71. The van der Waals surface area contributed by atoms with Crippen molar-refractivity contribution in [2.24, 2.45) is 0 Å². The molecule has 0 bridgehead atoms. The second-order valence-corrected chi connectivity index (χ2v) is 5.11. The van der Waals surface area contributed by atoms with E-state index in [1.807, 2.05) is 0 Å². The largest absolute Gasteiger partial charge is 0.395 e. The summed E-state index contributed by atoms with van der Waals surface area (Å²) < 4.78 is 0. The summed E-state index contributed by atoms with van der Waals surface area (Å²) in [7, 11) is 0. The van der Waals surface area contributed by atoms with Gasteiger partial charge in [0.15, 0.2) is 0 Å². The highest BCUT2D eigenvalue weighted by Gasteiger charge is 2.31. The summed E-state index contributed by atoms with van der Waals surface area (Å²) in [5, 5.41) is 17.7. The highest BCUT2D eigenvalue weighted by Crippen LogP contribution is 2.29. The van der Waals surface area contributed by atoms with Gasteiger partial charge in [-0.2, -0.15) is 0 Å². The highest BCUT2D eigenvalue weighted by atomic mass is 16.3. The number of aliphatic hydroxyl groups is 1. The summed E-state index contributed by atoms with van der Waals surface area (Å²) in [6.45, 7) is 0.714. The smallest absolute Gasteiger partial charge is 0.277 e. The number of anilines is 2. The molecule has 0 saturated heterocycles. The van der Waals surface area contributed by atoms with Gasteiger partial charge < -0.3 is 21.1 Å². The average molecular weight is 316 g/mol. The lowest BCUT2D eigenvalue weighted by molar-refractivity contribution is -0.137. The molecule has 8 nitrogen and oxygen atoms in total. The van der Waals surface area contributed by atoms with Crippen LogP contribution in [-0.2, 0) is 9.59 Å². The van der Waals surface area contributed by atoms with Crippen LogP contribution in [0.5, 0.6) is 0 Å². The molecule has 2 aliphatic heterocycles. The van der Waals surface area contributed by atoms with Gasteiger partial charge in [-0.15, -0.1) is 0 Å². The van der Waals surface area contributed by atoms with Gasteiger partial charge >= 0.3 is 0 Å². The van der Waals surface area contributed by atoms with Crippen molar-refractivity contribution < 1.29 is 19.5 Å². The summed E-state index contributed by atoms with van der Waals surface area (Å²) in [5.41, 5.74) is 1.71. The zero-order chi connectivity index (χ0) is 16.4. The van der Waals surface area contributed by atoms with E-state index < -0.39 is 11.8 Å². The first-order valence-corrected chi connectivity index (χ1v) is 7.22. The minimum Gasteiger partial charge on any atom is -0.395 e. The fourth-order valence-corrected chi connectivity index (χ4v) is 2.55. The molecular weight excluding hydrogens is 300 g/mol. The van der Waals surface area contributed by atoms with E-state index in [-0.39, 0.29) is 24.8 Å². The number of fused-ring (bicyclic) bond motifs is 1. The van der Waals surface area contributed by atoms with Crippen LogP contribution in [0.25, 0.3) is 0 Å². The van der Waals surface area contributed by atoms with Crippen molar-refractivity contribution in [2.75, 3.05) is 36.9 Å². The van der Waals surface area contributed by atoms with E-state index in [1.54, 1.807) is 18.2 Å². The molecule has 0 radical (unpaired) electrons. The number of amides is 3. The van der Waals surface area contributed by atoms with Crippen LogP contribution < -0.4 is 16.0 Å². The lowest BCUT2D eigenvalue weighted by Crippen LogP contribution is -2.34. The predicted octanol–water partition coefficient (Wildman–Crippen LogP) is -0.501. The minimum absolute atomic E-state index is 0.0487. The van der Waals surface area contributed by atoms with E-state index >= 15 is 0 Å². The van der Waals surface area contributed by atoms with Crippen LogP contribution in [0.3, 0.4) is 0 Å². The van der Waals surface area contributed by atoms with Crippen LogP contribution in [-0.4, -0.2) is 54.0 Å². The number of aliphatic hydroxyl groups excluding tert-OH is 1. The van der Waals surface area contributed by atoms with Gasteiger partial charge in [0.05, 0.1) is 30.1 Å². The molecule has 120 valence electrons. The Morgan fingerprint density at radius 2 is 1.96 bits per heavy atom. The number of hydrogen-bond donors (Lipinski definition) is 4. The molecule has 0 spiro atoms. The molecule has 0 fully saturated rings. The number of rotatable bonds is 4. The number of nitrogens with zero attached hydrogens (tertiary/aromatic N) is 1. The monoisotopic (exact) mass is 316 g/mol. The van der Waals surface area contributed by atoms with Crippen molar-refractivity contribution in [3.05, 3.63) is 35.5 Å². The van der Waals surface area contributed by atoms with E-state index in [9.17, 15) is 14.4 Å². The molecule has 1 aromatic rings. The van der Waals surface area contributed by atoms with Gasteiger partial charge in [0, 0.05) is 19.2 Å². The third-order valence-corrected chi connectivity index (χ3v) is 3.62. The molecule has 0 unspecified atom stereocenters. The van der Waals surface area contributed by atoms with Gasteiger partial charge in [-0.3, -0.25) is 19.3 Å². The zero-order valence-corrected chi connectivity index (χ0v) is 12.3. The Kier molecular flexibility index (Phi) is 3.98. The first-order chi connectivity index (χ1) is 11.1. The fourth-order valence-electron chi connectivity index (χ4n) is 2.55. The van der Waals surface area contributed by atoms with Gasteiger partial charge in [-0.25, -0.2) is 0 Å². The van der Waals surface area contributed by atoms with Gasteiger partial charge in [0.1, 0.15) is 5.70 Å². The lowest BCUT2D eigenvalue weighted by atomic mass is 10.1. The number of nitrogens with one attached hydrogen (secondary N) is 3. The number of β-amino-alcohol motifs (C(OH)–C–C–N with tert-alkyl or cyclic N) is 1. The Hall–Kier alpha value is -2.87. The molecular formula is C15H16N4O4. The van der Waals surface area contributed by atoms with Crippen LogP contribution in [0.4, 0.5) is 11.4 Å². The number of imide groups is 1.